The van der Waals surface area contributed by atoms with Crippen LogP contribution >= 0.6 is 27.3 Å². The molecule has 13 heteroatoms. The quantitative estimate of drug-likeness (QED) is 0.372. The van der Waals surface area contributed by atoms with Crippen LogP contribution in [0, 0.1) is 0 Å². The summed E-state index contributed by atoms with van der Waals surface area (Å²) in [6, 6.07) is 7.60. The smallest absolute Gasteiger partial charge is 0.332 e. The lowest BCUT2D eigenvalue weighted by Crippen LogP contribution is -2.37. The third kappa shape index (κ3) is 4.64. The van der Waals surface area contributed by atoms with E-state index < -0.39 is 29.7 Å². The molecule has 0 saturated carbocycles. The predicted molar refractivity (Wildman–Crippen MR) is 125 cm³/mol. The molecule has 0 radical (unpaired) electrons. The molecular formula is C20H17BrN6O5S. The second kappa shape index (κ2) is 9.11. The van der Waals surface area contributed by atoms with Crippen molar-refractivity contribution in [1.29, 1.82) is 0 Å². The Kier molecular flexibility index (Phi) is 6.24. The molecule has 33 heavy (non-hydrogen) atoms. The van der Waals surface area contributed by atoms with Crippen molar-refractivity contribution in [2.75, 3.05) is 11.9 Å². The molecule has 170 valence electrons. The van der Waals surface area contributed by atoms with E-state index in [9.17, 15) is 19.2 Å². The number of aromatic nitrogens is 5. The molecule has 3 heterocycles. The number of rotatable bonds is 6. The number of nitrogens with one attached hydrogen (secondary N) is 1. The first-order valence-corrected chi connectivity index (χ1v) is 11.2. The fourth-order valence-corrected chi connectivity index (χ4v) is 4.25. The van der Waals surface area contributed by atoms with Crippen molar-refractivity contribution >= 4 is 55.4 Å². The minimum Gasteiger partial charge on any atom is -0.454 e. The lowest BCUT2D eigenvalue weighted by atomic mass is 10.2. The van der Waals surface area contributed by atoms with E-state index in [1.54, 1.807) is 5.38 Å². The van der Waals surface area contributed by atoms with Gasteiger partial charge in [-0.3, -0.25) is 28.8 Å². The Morgan fingerprint density at radius 1 is 1.21 bits per heavy atom. The van der Waals surface area contributed by atoms with Crippen molar-refractivity contribution in [3.63, 3.8) is 0 Å². The summed E-state index contributed by atoms with van der Waals surface area (Å²) < 4.78 is 9.35. The Morgan fingerprint density at radius 3 is 2.76 bits per heavy atom. The molecule has 0 unspecified atom stereocenters. The molecule has 4 aromatic rings. The van der Waals surface area contributed by atoms with Gasteiger partial charge in [0.25, 0.3) is 11.5 Å². The van der Waals surface area contributed by atoms with Crippen LogP contribution in [0.25, 0.3) is 22.4 Å². The van der Waals surface area contributed by atoms with Gasteiger partial charge >= 0.3 is 11.7 Å². The molecule has 1 aromatic carbocycles. The number of hydrogen-bond acceptors (Lipinski definition) is 8. The fraction of sp³-hybridized carbons (Fsp3) is 0.200. The van der Waals surface area contributed by atoms with E-state index >= 15 is 0 Å². The van der Waals surface area contributed by atoms with E-state index in [1.807, 2.05) is 24.3 Å². The Bertz CT molecular complexity index is 1500. The van der Waals surface area contributed by atoms with E-state index in [1.165, 1.54) is 40.9 Å². The number of benzene rings is 1. The third-order valence-electron chi connectivity index (χ3n) is 4.75. The zero-order valence-corrected chi connectivity index (χ0v) is 19.8. The summed E-state index contributed by atoms with van der Waals surface area (Å²) in [5.74, 6) is -1.29. The van der Waals surface area contributed by atoms with Crippen molar-refractivity contribution in [1.82, 2.24) is 23.7 Å². The van der Waals surface area contributed by atoms with Crippen molar-refractivity contribution in [3.8, 4) is 11.3 Å². The van der Waals surface area contributed by atoms with Crippen LogP contribution in [0.4, 0.5) is 5.13 Å². The van der Waals surface area contributed by atoms with Crippen LogP contribution in [0.5, 0.6) is 0 Å². The van der Waals surface area contributed by atoms with Crippen molar-refractivity contribution in [2.24, 2.45) is 14.1 Å². The van der Waals surface area contributed by atoms with Gasteiger partial charge in [-0.15, -0.1) is 11.3 Å². The summed E-state index contributed by atoms with van der Waals surface area (Å²) in [6.07, 6.45) is 1.27. The highest BCUT2D eigenvalue weighted by Gasteiger charge is 2.17. The number of amides is 1. The zero-order chi connectivity index (χ0) is 23.7. The van der Waals surface area contributed by atoms with E-state index in [0.717, 1.165) is 14.6 Å². The van der Waals surface area contributed by atoms with Gasteiger partial charge in [0.05, 0.1) is 12.0 Å². The number of imidazole rings is 1. The van der Waals surface area contributed by atoms with Gasteiger partial charge in [0.2, 0.25) is 0 Å². The number of nitrogens with zero attached hydrogens (tertiary/aromatic N) is 5. The summed E-state index contributed by atoms with van der Waals surface area (Å²) >= 11 is 4.65. The number of fused-ring (bicyclic) bond motifs is 1. The highest BCUT2D eigenvalue weighted by Crippen LogP contribution is 2.26. The second-order valence-electron chi connectivity index (χ2n) is 7.01. The highest BCUT2D eigenvalue weighted by atomic mass is 79.9. The van der Waals surface area contributed by atoms with Gasteiger partial charge < -0.3 is 9.30 Å². The molecule has 0 fully saturated rings. The summed E-state index contributed by atoms with van der Waals surface area (Å²) in [5.41, 5.74) is 0.728. The number of halogens is 1. The first kappa shape index (κ1) is 22.6. The van der Waals surface area contributed by atoms with Gasteiger partial charge in [-0.25, -0.2) is 14.8 Å². The summed E-state index contributed by atoms with van der Waals surface area (Å²) in [4.78, 5) is 57.2. The maximum atomic E-state index is 12.4. The normalized spacial score (nSPS) is 11.0. The van der Waals surface area contributed by atoms with Gasteiger partial charge in [-0.1, -0.05) is 28.1 Å². The van der Waals surface area contributed by atoms with Crippen LogP contribution in [-0.2, 0) is 35.0 Å². The molecule has 0 aliphatic heterocycles. The lowest BCUT2D eigenvalue weighted by Gasteiger charge is -2.07. The number of ether oxygens (including phenoxy) is 1. The van der Waals surface area contributed by atoms with Gasteiger partial charge in [-0.2, -0.15) is 0 Å². The molecule has 0 bridgehead atoms. The number of hydrogen-bond donors (Lipinski definition) is 1. The third-order valence-corrected chi connectivity index (χ3v) is 6.00. The number of carbonyl (C=O) groups excluding carboxylic acids is 2. The molecule has 0 aliphatic rings. The van der Waals surface area contributed by atoms with Crippen molar-refractivity contribution in [3.05, 3.63) is 61.3 Å². The maximum absolute atomic E-state index is 12.4. The minimum absolute atomic E-state index is 0.0869. The van der Waals surface area contributed by atoms with Crippen LogP contribution in [-0.4, -0.2) is 42.2 Å². The van der Waals surface area contributed by atoms with Crippen LogP contribution in [0.2, 0.25) is 0 Å². The topological polar surface area (TPSA) is 130 Å². The maximum Gasteiger partial charge on any atom is 0.332 e. The molecule has 0 saturated heterocycles. The first-order valence-electron chi connectivity index (χ1n) is 9.52. The Labute approximate surface area is 198 Å². The molecule has 0 aliphatic carbocycles. The van der Waals surface area contributed by atoms with Gasteiger partial charge in [-0.05, 0) is 12.1 Å². The highest BCUT2D eigenvalue weighted by molar-refractivity contribution is 9.10. The summed E-state index contributed by atoms with van der Waals surface area (Å²) in [7, 11) is 2.81. The van der Waals surface area contributed by atoms with E-state index in [4.69, 9.17) is 4.74 Å². The van der Waals surface area contributed by atoms with E-state index in [2.05, 4.69) is 31.2 Å². The van der Waals surface area contributed by atoms with Crippen molar-refractivity contribution in [2.45, 2.75) is 6.54 Å². The average molecular weight is 533 g/mol. The molecule has 0 spiro atoms. The van der Waals surface area contributed by atoms with E-state index in [0.29, 0.717) is 10.8 Å². The van der Waals surface area contributed by atoms with Crippen molar-refractivity contribution < 1.29 is 14.3 Å². The van der Waals surface area contributed by atoms with Gasteiger partial charge in [0, 0.05) is 29.5 Å². The Hall–Kier alpha value is -3.58. The minimum atomic E-state index is -0.741. The SMILES string of the molecule is Cn1c(=O)c2c(ncn2CC(=O)OCC(=O)Nc2nc(-c3cccc(Br)c3)cs2)n(C)c1=O. The lowest BCUT2D eigenvalue weighted by molar-refractivity contribution is -0.147. The summed E-state index contributed by atoms with van der Waals surface area (Å²) in [5, 5.41) is 4.77. The number of thiazole rings is 1. The van der Waals surface area contributed by atoms with Gasteiger partial charge in [0.1, 0.15) is 6.54 Å². The van der Waals surface area contributed by atoms with Crippen LogP contribution in [0.3, 0.4) is 0 Å². The molecular weight excluding hydrogens is 516 g/mol. The number of aryl methyl sites for hydroxylation is 1. The molecule has 4 rings (SSSR count). The average Bonchev–Trinajstić information content (AvgIpc) is 3.42. The molecule has 11 nitrogen and oxygen atoms in total. The Balaban J connectivity index is 1.38. The fourth-order valence-electron chi connectivity index (χ4n) is 3.11. The molecule has 1 N–H and O–H groups in total. The first-order chi connectivity index (χ1) is 15.7. The summed E-state index contributed by atoms with van der Waals surface area (Å²) in [6.45, 7) is -0.866. The Morgan fingerprint density at radius 2 is 2.00 bits per heavy atom. The van der Waals surface area contributed by atoms with E-state index in [-0.39, 0.29) is 17.7 Å². The zero-order valence-electron chi connectivity index (χ0n) is 17.4. The van der Waals surface area contributed by atoms with Gasteiger partial charge in [0.15, 0.2) is 22.9 Å². The molecule has 1 amide bonds. The largest absolute Gasteiger partial charge is 0.454 e. The molecule has 0 atom stereocenters. The van der Waals surface area contributed by atoms with Crippen LogP contribution < -0.4 is 16.6 Å². The number of esters is 1. The number of anilines is 1. The molecule has 3 aromatic heterocycles. The van der Waals surface area contributed by atoms with Crippen LogP contribution in [0.1, 0.15) is 0 Å². The second-order valence-corrected chi connectivity index (χ2v) is 8.78. The number of carbonyl (C=O) groups is 2. The predicted octanol–water partition coefficient (Wildman–Crippen LogP) is 1.50. The standard InChI is InChI=1S/C20H17BrN6O5S/c1-25-17-16(18(30)26(2)20(25)31)27(10-22-17)7-15(29)32-8-14(28)24-19-23-13(9-33-19)11-4-3-5-12(21)6-11/h3-6,9-10H,7-8H2,1-2H3,(H,23,24,28). The monoisotopic (exact) mass is 532 g/mol. The van der Waals surface area contributed by atoms with Crippen LogP contribution in [0.15, 0.2) is 50.0 Å².